The van der Waals surface area contributed by atoms with Gasteiger partial charge in [-0.25, -0.2) is 0 Å². The molecule has 0 saturated carbocycles. The number of aliphatic carboxylic acids is 1. The van der Waals surface area contributed by atoms with Gasteiger partial charge >= 0.3 is 5.97 Å². The zero-order chi connectivity index (χ0) is 29.2. The Balaban J connectivity index is 1.45. The van der Waals surface area contributed by atoms with Crippen molar-refractivity contribution >= 4 is 11.9 Å². The first kappa shape index (κ1) is 30.4. The first-order valence-corrected chi connectivity index (χ1v) is 14.1. The molecule has 4 rings (SSSR count). The van der Waals surface area contributed by atoms with Crippen LogP contribution in [-0.2, 0) is 38.8 Å². The maximum atomic E-state index is 12.0. The zero-order valence-electron chi connectivity index (χ0n) is 23.7. The molecule has 0 aliphatic carbocycles. The van der Waals surface area contributed by atoms with Crippen molar-refractivity contribution in [3.63, 3.8) is 0 Å². The minimum Gasteiger partial charge on any atom is -0.481 e. The summed E-state index contributed by atoms with van der Waals surface area (Å²) in [6.45, 7) is 4.06. The van der Waals surface area contributed by atoms with Crippen molar-refractivity contribution in [3.8, 4) is 0 Å². The fourth-order valence-electron chi connectivity index (χ4n) is 5.08. The minimum absolute atomic E-state index is 0.00482. The first-order valence-electron chi connectivity index (χ1n) is 14.1. The molecule has 8 heteroatoms. The molecule has 4 atom stereocenters. The Hall–Kier alpha value is -3.56. The summed E-state index contributed by atoms with van der Waals surface area (Å²) in [7, 11) is 2.10. The van der Waals surface area contributed by atoms with E-state index in [1.165, 1.54) is 5.56 Å². The van der Waals surface area contributed by atoms with E-state index in [1.54, 1.807) is 0 Å². The summed E-state index contributed by atoms with van der Waals surface area (Å²) in [4.78, 5) is 25.0. The average molecular weight is 561 g/mol. The molecule has 8 nitrogen and oxygen atoms in total. The van der Waals surface area contributed by atoms with Crippen LogP contribution in [0.4, 0.5) is 0 Å². The second-order valence-corrected chi connectivity index (χ2v) is 10.8. The number of carboxylic acid groups (broad SMARTS) is 1. The lowest BCUT2D eigenvalue weighted by Gasteiger charge is -2.42. The summed E-state index contributed by atoms with van der Waals surface area (Å²) in [6.07, 6.45) is -0.356. The van der Waals surface area contributed by atoms with Crippen LogP contribution in [0, 0.1) is 5.92 Å². The highest BCUT2D eigenvalue weighted by Crippen LogP contribution is 2.41. The molecule has 1 fully saturated rings. The monoisotopic (exact) mass is 560 g/mol. The fraction of sp³-hybridized carbons (Fsp3) is 0.394. The number of ether oxygens (including phenoxy) is 2. The summed E-state index contributed by atoms with van der Waals surface area (Å²) in [5.41, 5.74) is 4.96. The van der Waals surface area contributed by atoms with Crippen LogP contribution in [0.25, 0.3) is 0 Å². The number of hydrogen-bond donors (Lipinski definition) is 3. The SMILES string of the molecule is C[C@@H]1[C@H](CN(C)Cc2ccccc2)O[C@H](c2ccc(CNC(=O)CCCC(=O)O)cc2)O[C@@H]1c1ccc(CO)cc1. The predicted octanol–water partition coefficient (Wildman–Crippen LogP) is 4.97. The van der Waals surface area contributed by atoms with Gasteiger partial charge in [0.1, 0.15) is 0 Å². The van der Waals surface area contributed by atoms with Gasteiger partial charge < -0.3 is 25.0 Å². The molecule has 1 aliphatic heterocycles. The molecule has 3 aromatic rings. The Morgan fingerprint density at radius 3 is 2.17 bits per heavy atom. The maximum absolute atomic E-state index is 12.0. The molecule has 41 heavy (non-hydrogen) atoms. The highest BCUT2D eigenvalue weighted by atomic mass is 16.7. The molecule has 0 spiro atoms. The Bertz CT molecular complexity index is 1250. The van der Waals surface area contributed by atoms with Crippen molar-refractivity contribution in [2.45, 2.75) is 64.4 Å². The van der Waals surface area contributed by atoms with Crippen LogP contribution in [-0.4, -0.2) is 46.7 Å². The number of amides is 1. The van der Waals surface area contributed by atoms with Crippen molar-refractivity contribution in [2.75, 3.05) is 13.6 Å². The maximum Gasteiger partial charge on any atom is 0.303 e. The number of carboxylic acids is 1. The Kier molecular flexibility index (Phi) is 11.0. The molecule has 0 bridgehead atoms. The van der Waals surface area contributed by atoms with E-state index in [4.69, 9.17) is 14.6 Å². The molecule has 218 valence electrons. The van der Waals surface area contributed by atoms with Gasteiger partial charge in [0.15, 0.2) is 6.29 Å². The van der Waals surface area contributed by atoms with Gasteiger partial charge in [0.05, 0.1) is 18.8 Å². The van der Waals surface area contributed by atoms with Crippen molar-refractivity contribution in [1.29, 1.82) is 0 Å². The van der Waals surface area contributed by atoms with Crippen molar-refractivity contribution < 1.29 is 29.3 Å². The van der Waals surface area contributed by atoms with Crippen LogP contribution in [0.15, 0.2) is 78.9 Å². The molecule has 1 saturated heterocycles. The summed E-state index contributed by atoms with van der Waals surface area (Å²) in [5.74, 6) is -0.981. The summed E-state index contributed by atoms with van der Waals surface area (Å²) in [5, 5.41) is 21.1. The highest BCUT2D eigenvalue weighted by molar-refractivity contribution is 5.76. The van der Waals surface area contributed by atoms with Crippen LogP contribution in [0.1, 0.15) is 66.4 Å². The van der Waals surface area contributed by atoms with Gasteiger partial charge in [-0.2, -0.15) is 0 Å². The minimum atomic E-state index is -0.899. The van der Waals surface area contributed by atoms with Gasteiger partial charge in [0.2, 0.25) is 5.91 Å². The van der Waals surface area contributed by atoms with E-state index in [9.17, 15) is 14.7 Å². The number of likely N-dealkylation sites (N-methyl/N-ethyl adjacent to an activating group) is 1. The number of carbonyl (C=O) groups is 2. The van der Waals surface area contributed by atoms with Gasteiger partial charge in [-0.1, -0.05) is 85.8 Å². The Morgan fingerprint density at radius 2 is 1.51 bits per heavy atom. The first-order chi connectivity index (χ1) is 19.8. The molecular formula is C33H40N2O6. The smallest absolute Gasteiger partial charge is 0.303 e. The molecule has 1 heterocycles. The Labute approximate surface area is 241 Å². The lowest BCUT2D eigenvalue weighted by molar-refractivity contribution is -0.276. The molecular weight excluding hydrogens is 520 g/mol. The van der Waals surface area contributed by atoms with Crippen molar-refractivity contribution in [1.82, 2.24) is 10.2 Å². The van der Waals surface area contributed by atoms with Crippen LogP contribution in [0.3, 0.4) is 0 Å². The number of rotatable bonds is 13. The van der Waals surface area contributed by atoms with E-state index in [0.29, 0.717) is 13.0 Å². The topological polar surface area (TPSA) is 108 Å². The van der Waals surface area contributed by atoms with Gasteiger partial charge in [-0.05, 0) is 35.7 Å². The number of nitrogens with zero attached hydrogens (tertiary/aromatic N) is 1. The number of aliphatic hydroxyl groups excluding tert-OH is 1. The number of benzene rings is 3. The van der Waals surface area contributed by atoms with E-state index in [0.717, 1.165) is 35.3 Å². The molecule has 1 aliphatic rings. The lowest BCUT2D eigenvalue weighted by Crippen LogP contribution is -2.43. The third-order valence-corrected chi connectivity index (χ3v) is 7.45. The normalized spacial score (nSPS) is 20.6. The van der Waals surface area contributed by atoms with Crippen LogP contribution in [0.5, 0.6) is 0 Å². The third-order valence-electron chi connectivity index (χ3n) is 7.45. The lowest BCUT2D eigenvalue weighted by atomic mass is 9.90. The standard InChI is InChI=1S/C33H40N2O6/c1-23-29(21-35(2)20-25-7-4-3-5-8-25)40-33(41-32(23)27-15-13-26(22-36)14-16-27)28-17-11-24(12-18-28)19-34-30(37)9-6-10-31(38)39/h3-5,7-8,11-18,23,29,32-33,36H,6,9-10,19-22H2,1-2H3,(H,34,37)(H,38,39)/t23-,29+,32+,33+/m1/s1. The molecule has 1 amide bonds. The van der Waals surface area contributed by atoms with Crippen LogP contribution < -0.4 is 5.32 Å². The van der Waals surface area contributed by atoms with E-state index in [1.807, 2.05) is 66.7 Å². The average Bonchev–Trinajstić information content (AvgIpc) is 2.98. The van der Waals surface area contributed by atoms with Crippen molar-refractivity contribution in [3.05, 3.63) is 107 Å². The molecule has 0 radical (unpaired) electrons. The van der Waals surface area contributed by atoms with E-state index in [2.05, 4.69) is 36.3 Å². The van der Waals surface area contributed by atoms with E-state index >= 15 is 0 Å². The summed E-state index contributed by atoms with van der Waals surface area (Å²) in [6, 6.07) is 26.1. The second kappa shape index (κ2) is 14.9. The number of aliphatic hydroxyl groups is 1. The second-order valence-electron chi connectivity index (χ2n) is 10.8. The number of carbonyl (C=O) groups excluding carboxylic acids is 1. The highest BCUT2D eigenvalue weighted by Gasteiger charge is 2.38. The van der Waals surface area contributed by atoms with Gasteiger partial charge in [0.25, 0.3) is 0 Å². The van der Waals surface area contributed by atoms with E-state index in [-0.39, 0.29) is 43.5 Å². The van der Waals surface area contributed by atoms with Gasteiger partial charge in [-0.3, -0.25) is 14.5 Å². The molecule has 3 N–H and O–H groups in total. The number of hydrogen-bond acceptors (Lipinski definition) is 6. The van der Waals surface area contributed by atoms with Crippen LogP contribution in [0.2, 0.25) is 0 Å². The van der Waals surface area contributed by atoms with Crippen LogP contribution >= 0.6 is 0 Å². The quantitative estimate of drug-likeness (QED) is 0.271. The third kappa shape index (κ3) is 8.96. The molecule has 0 aromatic heterocycles. The zero-order valence-corrected chi connectivity index (χ0v) is 23.7. The van der Waals surface area contributed by atoms with Gasteiger partial charge in [-0.15, -0.1) is 0 Å². The number of nitrogens with one attached hydrogen (secondary N) is 1. The summed E-state index contributed by atoms with van der Waals surface area (Å²) >= 11 is 0. The largest absolute Gasteiger partial charge is 0.481 e. The van der Waals surface area contributed by atoms with Crippen molar-refractivity contribution in [2.24, 2.45) is 5.92 Å². The van der Waals surface area contributed by atoms with Gasteiger partial charge in [0, 0.05) is 44.0 Å². The predicted molar refractivity (Wildman–Crippen MR) is 156 cm³/mol. The summed E-state index contributed by atoms with van der Waals surface area (Å²) < 4.78 is 13.1. The fourth-order valence-corrected chi connectivity index (χ4v) is 5.08. The molecule has 0 unspecified atom stereocenters. The van der Waals surface area contributed by atoms with E-state index < -0.39 is 12.3 Å². The Morgan fingerprint density at radius 1 is 0.854 bits per heavy atom. The molecule has 3 aromatic carbocycles.